The summed E-state index contributed by atoms with van der Waals surface area (Å²) in [7, 11) is 0. The number of hydrogen-bond acceptors (Lipinski definition) is 1. The summed E-state index contributed by atoms with van der Waals surface area (Å²) in [4.78, 5) is 14.1. The Bertz CT molecular complexity index is 460. The monoisotopic (exact) mass is 173 g/mol. The summed E-state index contributed by atoms with van der Waals surface area (Å²) < 4.78 is 0. The highest BCUT2D eigenvalue weighted by atomic mass is 16.1. The summed E-state index contributed by atoms with van der Waals surface area (Å²) in [5.74, 6) is -0.398. The van der Waals surface area contributed by atoms with Gasteiger partial charge in [0.25, 0.3) is 0 Å². The number of fused-ring (bicyclic) bond motifs is 1. The second-order valence-corrected chi connectivity index (χ2v) is 2.80. The Morgan fingerprint density at radius 2 is 2.00 bits per heavy atom. The van der Waals surface area contributed by atoms with Gasteiger partial charge in [0.2, 0.25) is 11.4 Å². The zero-order chi connectivity index (χ0) is 9.26. The van der Waals surface area contributed by atoms with E-state index in [4.69, 9.17) is 5.73 Å². The number of H-pyrrole nitrogens is 1. The molecule has 0 aliphatic rings. The summed E-state index contributed by atoms with van der Waals surface area (Å²) in [6.45, 7) is 0. The molecule has 0 atom stereocenters. The number of amides is 1. The molecule has 2 aromatic rings. The third kappa shape index (κ3) is 1.24. The summed E-state index contributed by atoms with van der Waals surface area (Å²) in [6.07, 6.45) is 1.71. The van der Waals surface area contributed by atoms with Crippen LogP contribution in [0, 0.1) is 0 Å². The van der Waals surface area contributed by atoms with Crippen molar-refractivity contribution in [3.05, 3.63) is 42.1 Å². The zero-order valence-electron chi connectivity index (χ0n) is 6.95. The maximum atomic E-state index is 11.0. The number of aromatic nitrogens is 1. The molecule has 0 aliphatic carbocycles. The first-order valence-corrected chi connectivity index (χ1v) is 3.98. The minimum Gasteiger partial charge on any atom is -0.366 e. The Morgan fingerprint density at radius 1 is 1.23 bits per heavy atom. The van der Waals surface area contributed by atoms with Crippen LogP contribution < -0.4 is 10.7 Å². The predicted molar refractivity (Wildman–Crippen MR) is 49.0 cm³/mol. The first kappa shape index (κ1) is 7.73. The molecule has 0 bridgehead atoms. The normalized spacial score (nSPS) is 10.2. The molecule has 0 spiro atoms. The van der Waals surface area contributed by atoms with Gasteiger partial charge in [0.1, 0.15) is 0 Å². The third-order valence-corrected chi connectivity index (χ3v) is 1.97. The molecular formula is C10H9N2O+. The van der Waals surface area contributed by atoms with Crippen LogP contribution in [0.15, 0.2) is 36.5 Å². The topological polar surface area (TPSA) is 57.2 Å². The molecule has 2 rings (SSSR count). The summed E-state index contributed by atoms with van der Waals surface area (Å²) in [6, 6.07) is 9.24. The number of para-hydroxylation sites is 1. The van der Waals surface area contributed by atoms with Crippen molar-refractivity contribution in [2.75, 3.05) is 0 Å². The van der Waals surface area contributed by atoms with E-state index in [1.165, 1.54) is 0 Å². The summed E-state index contributed by atoms with van der Waals surface area (Å²) >= 11 is 0. The van der Waals surface area contributed by atoms with Gasteiger partial charge in [0.05, 0.1) is 10.9 Å². The van der Waals surface area contributed by atoms with Crippen molar-refractivity contribution >= 4 is 16.8 Å². The van der Waals surface area contributed by atoms with Gasteiger partial charge < -0.3 is 5.73 Å². The molecular weight excluding hydrogens is 164 g/mol. The van der Waals surface area contributed by atoms with Gasteiger partial charge in [-0.2, -0.15) is 0 Å². The fourth-order valence-corrected chi connectivity index (χ4v) is 1.36. The number of nitrogens with two attached hydrogens (primary N) is 1. The van der Waals surface area contributed by atoms with Gasteiger partial charge >= 0.3 is 0 Å². The maximum Gasteiger partial charge on any atom is 0.249 e. The largest absolute Gasteiger partial charge is 0.366 e. The molecule has 64 valence electrons. The number of primary amides is 1. The number of aromatic amines is 1. The second kappa shape index (κ2) is 2.86. The van der Waals surface area contributed by atoms with Crippen LogP contribution in [0.4, 0.5) is 0 Å². The number of rotatable bonds is 1. The van der Waals surface area contributed by atoms with E-state index in [0.717, 1.165) is 10.9 Å². The highest BCUT2D eigenvalue weighted by Gasteiger charge is 2.08. The van der Waals surface area contributed by atoms with Crippen LogP contribution in [0.5, 0.6) is 0 Å². The zero-order valence-corrected chi connectivity index (χ0v) is 6.95. The lowest BCUT2D eigenvalue weighted by Crippen LogP contribution is -2.14. The molecule has 0 saturated carbocycles. The van der Waals surface area contributed by atoms with Gasteiger partial charge in [-0.05, 0) is 6.07 Å². The fourth-order valence-electron chi connectivity index (χ4n) is 1.36. The van der Waals surface area contributed by atoms with Crippen LogP contribution in [0.1, 0.15) is 10.4 Å². The van der Waals surface area contributed by atoms with Gasteiger partial charge in [-0.1, -0.05) is 12.1 Å². The third-order valence-electron chi connectivity index (χ3n) is 1.97. The molecule has 13 heavy (non-hydrogen) atoms. The molecule has 0 unspecified atom stereocenters. The van der Waals surface area contributed by atoms with Crippen molar-refractivity contribution in [1.29, 1.82) is 0 Å². The number of pyridine rings is 1. The minimum absolute atomic E-state index is 0.398. The van der Waals surface area contributed by atoms with Gasteiger partial charge in [0, 0.05) is 12.1 Å². The van der Waals surface area contributed by atoms with Crippen LogP contribution in [-0.4, -0.2) is 5.91 Å². The van der Waals surface area contributed by atoms with Gasteiger partial charge in [0.15, 0.2) is 6.20 Å². The van der Waals surface area contributed by atoms with E-state index in [1.54, 1.807) is 12.3 Å². The van der Waals surface area contributed by atoms with E-state index in [-0.39, 0.29) is 0 Å². The number of benzene rings is 1. The van der Waals surface area contributed by atoms with E-state index >= 15 is 0 Å². The molecule has 1 heterocycles. The van der Waals surface area contributed by atoms with Crippen LogP contribution in [0.25, 0.3) is 10.9 Å². The Morgan fingerprint density at radius 3 is 2.77 bits per heavy atom. The Hall–Kier alpha value is -1.90. The SMILES string of the molecule is NC(=O)c1cc[nH+]c2ccccc12. The average molecular weight is 173 g/mol. The lowest BCUT2D eigenvalue weighted by atomic mass is 10.1. The van der Waals surface area contributed by atoms with Gasteiger partial charge in [-0.15, -0.1) is 0 Å². The van der Waals surface area contributed by atoms with E-state index in [9.17, 15) is 4.79 Å². The molecule has 3 nitrogen and oxygen atoms in total. The fraction of sp³-hybridized carbons (Fsp3) is 0. The van der Waals surface area contributed by atoms with Crippen LogP contribution in [0.3, 0.4) is 0 Å². The summed E-state index contributed by atoms with van der Waals surface area (Å²) in [5, 5.41) is 0.859. The van der Waals surface area contributed by atoms with E-state index < -0.39 is 5.91 Å². The molecule has 3 N–H and O–H groups in total. The van der Waals surface area contributed by atoms with Crippen molar-refractivity contribution < 1.29 is 9.78 Å². The average Bonchev–Trinajstić information content (AvgIpc) is 2.17. The minimum atomic E-state index is -0.398. The van der Waals surface area contributed by atoms with Crippen LogP contribution in [0.2, 0.25) is 0 Å². The molecule has 0 saturated heterocycles. The smallest absolute Gasteiger partial charge is 0.249 e. The molecule has 0 radical (unpaired) electrons. The van der Waals surface area contributed by atoms with E-state index in [2.05, 4.69) is 4.98 Å². The first-order chi connectivity index (χ1) is 6.29. The first-order valence-electron chi connectivity index (χ1n) is 3.98. The van der Waals surface area contributed by atoms with Crippen molar-refractivity contribution in [1.82, 2.24) is 0 Å². The molecule has 1 amide bonds. The predicted octanol–water partition coefficient (Wildman–Crippen LogP) is 0.753. The molecule has 1 aromatic carbocycles. The number of hydrogen-bond donors (Lipinski definition) is 1. The van der Waals surface area contributed by atoms with Crippen LogP contribution >= 0.6 is 0 Å². The quantitative estimate of drug-likeness (QED) is 0.679. The van der Waals surface area contributed by atoms with Crippen molar-refractivity contribution in [2.24, 2.45) is 5.73 Å². The number of carbonyl (C=O) groups is 1. The van der Waals surface area contributed by atoms with Crippen molar-refractivity contribution in [3.8, 4) is 0 Å². The molecule has 1 aromatic heterocycles. The number of carbonyl (C=O) groups excluding carboxylic acids is 1. The molecule has 0 aliphatic heterocycles. The van der Waals surface area contributed by atoms with Crippen molar-refractivity contribution in [2.45, 2.75) is 0 Å². The summed E-state index contributed by atoms with van der Waals surface area (Å²) in [5.41, 5.74) is 6.69. The highest BCUT2D eigenvalue weighted by Crippen LogP contribution is 2.12. The van der Waals surface area contributed by atoms with E-state index in [0.29, 0.717) is 5.56 Å². The van der Waals surface area contributed by atoms with Gasteiger partial charge in [-0.25, -0.2) is 4.98 Å². The Labute approximate surface area is 75.2 Å². The van der Waals surface area contributed by atoms with E-state index in [1.807, 2.05) is 24.3 Å². The Balaban J connectivity index is 2.83. The van der Waals surface area contributed by atoms with Gasteiger partial charge in [-0.3, -0.25) is 4.79 Å². The van der Waals surface area contributed by atoms with Crippen LogP contribution in [-0.2, 0) is 0 Å². The number of nitrogens with one attached hydrogen (secondary N) is 1. The lowest BCUT2D eigenvalue weighted by Gasteiger charge is -1.96. The molecule has 0 fully saturated rings. The molecule has 3 heteroatoms. The Kier molecular flexibility index (Phi) is 1.70. The highest BCUT2D eigenvalue weighted by molar-refractivity contribution is 6.04. The maximum absolute atomic E-state index is 11.0. The lowest BCUT2D eigenvalue weighted by molar-refractivity contribution is -0.344. The second-order valence-electron chi connectivity index (χ2n) is 2.80. The van der Waals surface area contributed by atoms with Crippen molar-refractivity contribution in [3.63, 3.8) is 0 Å². The standard InChI is InChI=1S/C10H8N2O/c11-10(13)8-5-6-12-9-4-2-1-3-7(8)9/h1-6H,(H2,11,13)/p+1.